The van der Waals surface area contributed by atoms with E-state index in [1.807, 2.05) is 0 Å². The molecule has 1 aliphatic heterocycles. The van der Waals surface area contributed by atoms with E-state index in [-0.39, 0.29) is 23.8 Å². The summed E-state index contributed by atoms with van der Waals surface area (Å²) in [6.07, 6.45) is 0.591. The van der Waals surface area contributed by atoms with Gasteiger partial charge in [0.25, 0.3) is 0 Å². The van der Waals surface area contributed by atoms with Crippen molar-refractivity contribution in [2.75, 3.05) is 12.4 Å². The average Bonchev–Trinajstić information content (AvgIpc) is 3.06. The van der Waals surface area contributed by atoms with E-state index < -0.39 is 0 Å². The van der Waals surface area contributed by atoms with Crippen molar-refractivity contribution in [1.82, 2.24) is 10.9 Å². The molecule has 1 heterocycles. The van der Waals surface area contributed by atoms with Crippen molar-refractivity contribution in [2.45, 2.75) is 18.5 Å². The molecule has 6 heteroatoms. The van der Waals surface area contributed by atoms with Gasteiger partial charge in [-0.2, -0.15) is 0 Å². The fourth-order valence-electron chi connectivity index (χ4n) is 2.55. The molecule has 120 valence electrons. The Labute approximate surface area is 133 Å². The minimum Gasteiger partial charge on any atom is -0.497 e. The van der Waals surface area contributed by atoms with Gasteiger partial charge in [-0.1, -0.05) is 12.1 Å². The molecule has 0 aromatic heterocycles. The van der Waals surface area contributed by atoms with Crippen LogP contribution in [0.4, 0.5) is 10.1 Å². The van der Waals surface area contributed by atoms with E-state index in [0.717, 1.165) is 11.3 Å². The van der Waals surface area contributed by atoms with Gasteiger partial charge in [-0.25, -0.2) is 15.2 Å². The van der Waals surface area contributed by atoms with Gasteiger partial charge in [0.1, 0.15) is 17.6 Å². The molecule has 0 saturated carbocycles. The van der Waals surface area contributed by atoms with Gasteiger partial charge in [-0.3, -0.25) is 4.79 Å². The second-order valence-corrected chi connectivity index (χ2v) is 5.40. The molecule has 1 fully saturated rings. The number of methoxy groups -OCH3 is 1. The molecule has 2 aromatic carbocycles. The fraction of sp³-hybridized carbons (Fsp3) is 0.235. The lowest BCUT2D eigenvalue weighted by atomic mass is 10.0. The highest BCUT2D eigenvalue weighted by Gasteiger charge is 2.30. The van der Waals surface area contributed by atoms with Crippen LogP contribution in [-0.4, -0.2) is 19.1 Å². The molecule has 0 bridgehead atoms. The third-order valence-electron chi connectivity index (χ3n) is 3.85. The van der Waals surface area contributed by atoms with Gasteiger partial charge in [0, 0.05) is 11.7 Å². The van der Waals surface area contributed by atoms with Crippen molar-refractivity contribution >= 4 is 11.6 Å². The number of hydrogen-bond donors (Lipinski definition) is 3. The number of halogens is 1. The maximum atomic E-state index is 13.0. The molecule has 3 rings (SSSR count). The van der Waals surface area contributed by atoms with Crippen molar-refractivity contribution in [2.24, 2.45) is 0 Å². The first-order valence-electron chi connectivity index (χ1n) is 7.37. The van der Waals surface area contributed by atoms with E-state index in [9.17, 15) is 9.18 Å². The second-order valence-electron chi connectivity index (χ2n) is 5.40. The summed E-state index contributed by atoms with van der Waals surface area (Å²) in [6.45, 7) is 0. The SMILES string of the molecule is COc1ccc(NC(=O)C2CC(c3ccc(F)cc3)NN2)cc1. The lowest BCUT2D eigenvalue weighted by molar-refractivity contribution is -0.117. The van der Waals surface area contributed by atoms with E-state index in [1.54, 1.807) is 43.5 Å². The maximum Gasteiger partial charge on any atom is 0.242 e. The minimum atomic E-state index is -0.354. The Hall–Kier alpha value is -2.44. The third-order valence-corrected chi connectivity index (χ3v) is 3.85. The standard InChI is InChI=1S/C17H18FN3O2/c1-23-14-8-6-13(7-9-14)19-17(22)16-10-15(20-21-16)11-2-4-12(18)5-3-11/h2-9,15-16,20-21H,10H2,1H3,(H,19,22). The van der Waals surface area contributed by atoms with Crippen LogP contribution in [0.5, 0.6) is 5.75 Å². The summed E-state index contributed by atoms with van der Waals surface area (Å²) in [5.74, 6) is 0.348. The van der Waals surface area contributed by atoms with Crippen LogP contribution in [0.2, 0.25) is 0 Å². The summed E-state index contributed by atoms with van der Waals surface area (Å²) in [5.41, 5.74) is 7.71. The normalized spacial score (nSPS) is 20.3. The molecule has 1 amide bonds. The Morgan fingerprint density at radius 1 is 1.13 bits per heavy atom. The van der Waals surface area contributed by atoms with Crippen LogP contribution < -0.4 is 20.9 Å². The molecule has 2 aromatic rings. The van der Waals surface area contributed by atoms with E-state index in [2.05, 4.69) is 16.2 Å². The quantitative estimate of drug-likeness (QED) is 0.811. The number of ether oxygens (including phenoxy) is 1. The molecular formula is C17H18FN3O2. The van der Waals surface area contributed by atoms with E-state index in [4.69, 9.17) is 4.74 Å². The zero-order valence-corrected chi connectivity index (χ0v) is 12.7. The zero-order valence-electron chi connectivity index (χ0n) is 12.7. The Bertz CT molecular complexity index is 673. The molecule has 23 heavy (non-hydrogen) atoms. The van der Waals surface area contributed by atoms with Crippen LogP contribution in [0.1, 0.15) is 18.0 Å². The average molecular weight is 315 g/mol. The summed E-state index contributed by atoms with van der Waals surface area (Å²) in [6, 6.07) is 13.1. The second kappa shape index (κ2) is 6.76. The molecule has 0 radical (unpaired) electrons. The Morgan fingerprint density at radius 3 is 2.48 bits per heavy atom. The zero-order chi connectivity index (χ0) is 16.2. The summed E-state index contributed by atoms with van der Waals surface area (Å²) >= 11 is 0. The molecular weight excluding hydrogens is 297 g/mol. The smallest absolute Gasteiger partial charge is 0.242 e. The highest BCUT2D eigenvalue weighted by Crippen LogP contribution is 2.23. The number of carbonyl (C=O) groups is 1. The lowest BCUT2D eigenvalue weighted by Crippen LogP contribution is -2.39. The first-order valence-corrected chi connectivity index (χ1v) is 7.37. The van der Waals surface area contributed by atoms with Gasteiger partial charge in [0.05, 0.1) is 7.11 Å². The molecule has 0 aliphatic carbocycles. The van der Waals surface area contributed by atoms with Gasteiger partial charge in [-0.15, -0.1) is 0 Å². The van der Waals surface area contributed by atoms with Gasteiger partial charge in [0.2, 0.25) is 5.91 Å². The molecule has 2 unspecified atom stereocenters. The van der Waals surface area contributed by atoms with E-state index in [0.29, 0.717) is 12.1 Å². The topological polar surface area (TPSA) is 62.4 Å². The van der Waals surface area contributed by atoms with Gasteiger partial charge >= 0.3 is 0 Å². The number of carbonyl (C=O) groups excluding carboxylic acids is 1. The van der Waals surface area contributed by atoms with Crippen LogP contribution in [-0.2, 0) is 4.79 Å². The highest BCUT2D eigenvalue weighted by molar-refractivity contribution is 5.95. The Morgan fingerprint density at radius 2 is 1.83 bits per heavy atom. The molecule has 5 nitrogen and oxygen atoms in total. The van der Waals surface area contributed by atoms with Crippen molar-refractivity contribution in [3.05, 3.63) is 59.9 Å². The summed E-state index contributed by atoms with van der Waals surface area (Å²) < 4.78 is 18.0. The fourth-order valence-corrected chi connectivity index (χ4v) is 2.55. The maximum absolute atomic E-state index is 13.0. The van der Waals surface area contributed by atoms with Crippen LogP contribution in [0.25, 0.3) is 0 Å². The van der Waals surface area contributed by atoms with Gasteiger partial charge < -0.3 is 10.1 Å². The largest absolute Gasteiger partial charge is 0.497 e. The van der Waals surface area contributed by atoms with Crippen LogP contribution in [0, 0.1) is 5.82 Å². The van der Waals surface area contributed by atoms with Gasteiger partial charge in [-0.05, 0) is 48.4 Å². The third kappa shape index (κ3) is 3.67. The number of amides is 1. The van der Waals surface area contributed by atoms with Crippen molar-refractivity contribution in [3.8, 4) is 5.75 Å². The predicted molar refractivity (Wildman–Crippen MR) is 85.4 cm³/mol. The Kier molecular flexibility index (Phi) is 4.55. The van der Waals surface area contributed by atoms with Gasteiger partial charge in [0.15, 0.2) is 0 Å². The molecule has 2 atom stereocenters. The molecule has 3 N–H and O–H groups in total. The molecule has 1 aliphatic rings. The Balaban J connectivity index is 1.59. The monoisotopic (exact) mass is 315 g/mol. The minimum absolute atomic E-state index is 0.0257. The van der Waals surface area contributed by atoms with E-state index >= 15 is 0 Å². The van der Waals surface area contributed by atoms with Crippen molar-refractivity contribution in [3.63, 3.8) is 0 Å². The van der Waals surface area contributed by atoms with Crippen molar-refractivity contribution < 1.29 is 13.9 Å². The van der Waals surface area contributed by atoms with E-state index in [1.165, 1.54) is 12.1 Å². The first kappa shape index (κ1) is 15.5. The van der Waals surface area contributed by atoms with Crippen LogP contribution in [0.15, 0.2) is 48.5 Å². The number of rotatable bonds is 4. The summed E-state index contributed by atoms with van der Waals surface area (Å²) in [7, 11) is 1.59. The van der Waals surface area contributed by atoms with Crippen molar-refractivity contribution in [1.29, 1.82) is 0 Å². The number of nitrogens with one attached hydrogen (secondary N) is 3. The summed E-state index contributed by atoms with van der Waals surface area (Å²) in [4.78, 5) is 12.3. The number of hydrazine groups is 1. The van der Waals surface area contributed by atoms with Crippen LogP contribution >= 0.6 is 0 Å². The number of hydrogen-bond acceptors (Lipinski definition) is 4. The predicted octanol–water partition coefficient (Wildman–Crippen LogP) is 2.38. The van der Waals surface area contributed by atoms with Crippen LogP contribution in [0.3, 0.4) is 0 Å². The molecule has 1 saturated heterocycles. The first-order chi connectivity index (χ1) is 11.2. The summed E-state index contributed by atoms with van der Waals surface area (Å²) in [5, 5.41) is 2.86. The molecule has 0 spiro atoms. The number of anilines is 1. The highest BCUT2D eigenvalue weighted by atomic mass is 19.1. The lowest BCUT2D eigenvalue weighted by Gasteiger charge is -2.11. The number of benzene rings is 2.